The molecule has 2 aromatic rings. The number of nitriles is 1. The monoisotopic (exact) mass is 418 g/mol. The second-order valence-electron chi connectivity index (χ2n) is 9.56. The van der Waals surface area contributed by atoms with E-state index in [0.717, 1.165) is 54.2 Å². The molecule has 2 aliphatic rings. The molecule has 164 valence electrons. The van der Waals surface area contributed by atoms with Gasteiger partial charge in [0, 0.05) is 16.8 Å². The molecule has 1 aromatic carbocycles. The van der Waals surface area contributed by atoms with Gasteiger partial charge in [-0.1, -0.05) is 33.3 Å². The van der Waals surface area contributed by atoms with Gasteiger partial charge in [-0.25, -0.2) is 4.98 Å². The van der Waals surface area contributed by atoms with Crippen LogP contribution in [0.1, 0.15) is 91.4 Å². The van der Waals surface area contributed by atoms with Crippen molar-refractivity contribution in [3.63, 3.8) is 0 Å². The predicted octanol–water partition coefficient (Wildman–Crippen LogP) is 5.96. The third-order valence-electron chi connectivity index (χ3n) is 6.62. The van der Waals surface area contributed by atoms with E-state index in [1.807, 2.05) is 12.1 Å². The van der Waals surface area contributed by atoms with Crippen molar-refractivity contribution in [1.82, 2.24) is 4.98 Å². The number of pyridine rings is 1. The van der Waals surface area contributed by atoms with E-state index in [1.165, 1.54) is 29.7 Å². The Kier molecular flexibility index (Phi) is 6.08. The molecule has 1 atom stereocenters. The van der Waals surface area contributed by atoms with E-state index in [1.54, 1.807) is 7.11 Å². The highest BCUT2D eigenvalue weighted by atomic mass is 16.6. The lowest BCUT2D eigenvalue weighted by molar-refractivity contribution is 0.338. The van der Waals surface area contributed by atoms with Crippen molar-refractivity contribution in [2.75, 3.05) is 13.7 Å². The fourth-order valence-corrected chi connectivity index (χ4v) is 4.81. The van der Waals surface area contributed by atoms with Crippen LogP contribution in [0.5, 0.6) is 5.88 Å². The molecule has 0 spiro atoms. The zero-order valence-electron chi connectivity index (χ0n) is 19.5. The van der Waals surface area contributed by atoms with E-state index < -0.39 is 5.60 Å². The van der Waals surface area contributed by atoms with Crippen molar-refractivity contribution in [3.8, 4) is 11.9 Å². The zero-order valence-corrected chi connectivity index (χ0v) is 19.5. The Balaban J connectivity index is 1.98. The maximum Gasteiger partial charge on any atom is 0.217 e. The van der Waals surface area contributed by atoms with E-state index in [0.29, 0.717) is 12.2 Å². The van der Waals surface area contributed by atoms with Gasteiger partial charge in [0.25, 0.3) is 0 Å². The molecular weight excluding hydrogens is 384 g/mol. The second kappa shape index (κ2) is 8.63. The lowest BCUT2D eigenvalue weighted by atomic mass is 9.79. The van der Waals surface area contributed by atoms with Crippen LogP contribution in [0.25, 0.3) is 0 Å². The summed E-state index contributed by atoms with van der Waals surface area (Å²) in [6.07, 6.45) is 6.88. The normalized spacial score (nSPS) is 20.0. The summed E-state index contributed by atoms with van der Waals surface area (Å²) >= 11 is 0. The third kappa shape index (κ3) is 4.21. The zero-order chi connectivity index (χ0) is 22.2. The summed E-state index contributed by atoms with van der Waals surface area (Å²) in [6, 6.07) is 8.44. The molecule has 0 N–H and O–H groups in total. The van der Waals surface area contributed by atoms with Gasteiger partial charge in [-0.05, 0) is 79.7 Å². The first-order chi connectivity index (χ1) is 14.9. The van der Waals surface area contributed by atoms with Crippen LogP contribution in [0.15, 0.2) is 18.2 Å². The SMILES string of the molecule is CCCCc1nc(OC)c(C(C)C)c(C2(c3cc(C)cc(C#N)c3)CO2)c1CC1CC1. The molecular formula is C27H34N2O2. The number of hydrogen-bond donors (Lipinski definition) is 0. The molecule has 2 heterocycles. The summed E-state index contributed by atoms with van der Waals surface area (Å²) in [4.78, 5) is 5.05. The molecule has 4 nitrogen and oxygen atoms in total. The van der Waals surface area contributed by atoms with Gasteiger partial charge in [0.2, 0.25) is 5.88 Å². The molecule has 1 aromatic heterocycles. The summed E-state index contributed by atoms with van der Waals surface area (Å²) in [6.45, 7) is 9.34. The van der Waals surface area contributed by atoms with Crippen LogP contribution >= 0.6 is 0 Å². The van der Waals surface area contributed by atoms with Crippen molar-refractivity contribution < 1.29 is 9.47 Å². The van der Waals surface area contributed by atoms with Crippen LogP contribution < -0.4 is 4.74 Å². The second-order valence-corrected chi connectivity index (χ2v) is 9.56. The van der Waals surface area contributed by atoms with Gasteiger partial charge in [-0.3, -0.25) is 0 Å². The molecule has 0 bridgehead atoms. The van der Waals surface area contributed by atoms with Crippen molar-refractivity contribution in [2.45, 2.75) is 77.7 Å². The fraction of sp³-hybridized carbons (Fsp3) is 0.556. The Labute approximate surface area is 186 Å². The Morgan fingerprint density at radius 3 is 2.58 bits per heavy atom. The number of nitrogens with zero attached hydrogens (tertiary/aromatic N) is 2. The fourth-order valence-electron chi connectivity index (χ4n) is 4.81. The highest BCUT2D eigenvalue weighted by molar-refractivity contribution is 5.57. The van der Waals surface area contributed by atoms with Crippen molar-refractivity contribution >= 4 is 0 Å². The minimum absolute atomic E-state index is 0.261. The number of aromatic nitrogens is 1. The first-order valence-electron chi connectivity index (χ1n) is 11.7. The summed E-state index contributed by atoms with van der Waals surface area (Å²) in [5.74, 6) is 1.74. The van der Waals surface area contributed by atoms with Gasteiger partial charge in [-0.15, -0.1) is 0 Å². The minimum atomic E-state index is -0.501. The number of ether oxygens (including phenoxy) is 2. The van der Waals surface area contributed by atoms with Crippen molar-refractivity contribution in [1.29, 1.82) is 5.26 Å². The first-order valence-corrected chi connectivity index (χ1v) is 11.7. The summed E-state index contributed by atoms with van der Waals surface area (Å²) in [7, 11) is 1.73. The number of unbranched alkanes of at least 4 members (excludes halogenated alkanes) is 1. The van der Waals surface area contributed by atoms with Crippen molar-refractivity contribution in [3.05, 3.63) is 57.3 Å². The van der Waals surface area contributed by atoms with Crippen LogP contribution in [0, 0.1) is 24.2 Å². The molecule has 1 aliphatic carbocycles. The number of rotatable bonds is 9. The number of epoxide rings is 1. The number of hydrogen-bond acceptors (Lipinski definition) is 4. The van der Waals surface area contributed by atoms with Crippen LogP contribution in [0.3, 0.4) is 0 Å². The Morgan fingerprint density at radius 2 is 2.03 bits per heavy atom. The number of methoxy groups -OCH3 is 1. The van der Waals surface area contributed by atoms with Gasteiger partial charge in [0.15, 0.2) is 0 Å². The van der Waals surface area contributed by atoms with E-state index in [2.05, 4.69) is 39.8 Å². The highest BCUT2D eigenvalue weighted by Gasteiger charge is 2.52. The van der Waals surface area contributed by atoms with E-state index in [4.69, 9.17) is 14.5 Å². The molecule has 31 heavy (non-hydrogen) atoms. The first kappa shape index (κ1) is 21.8. The van der Waals surface area contributed by atoms with E-state index >= 15 is 0 Å². The van der Waals surface area contributed by atoms with Crippen LogP contribution in [-0.4, -0.2) is 18.7 Å². The highest BCUT2D eigenvalue weighted by Crippen LogP contribution is 2.53. The smallest absolute Gasteiger partial charge is 0.217 e. The van der Waals surface area contributed by atoms with E-state index in [-0.39, 0.29) is 5.92 Å². The predicted molar refractivity (Wildman–Crippen MR) is 123 cm³/mol. The Hall–Kier alpha value is -2.38. The maximum atomic E-state index is 9.57. The minimum Gasteiger partial charge on any atom is -0.481 e. The van der Waals surface area contributed by atoms with Gasteiger partial charge >= 0.3 is 0 Å². The molecule has 0 radical (unpaired) electrons. The molecule has 1 aliphatic heterocycles. The van der Waals surface area contributed by atoms with Gasteiger partial charge in [0.1, 0.15) is 5.60 Å². The average molecular weight is 419 g/mol. The number of benzene rings is 1. The van der Waals surface area contributed by atoms with Gasteiger partial charge in [-0.2, -0.15) is 5.26 Å². The quantitative estimate of drug-likeness (QED) is 0.471. The largest absolute Gasteiger partial charge is 0.481 e. The van der Waals surface area contributed by atoms with Crippen LogP contribution in [-0.2, 0) is 23.2 Å². The molecule has 1 saturated heterocycles. The van der Waals surface area contributed by atoms with Gasteiger partial charge in [0.05, 0.1) is 25.3 Å². The molecule has 2 fully saturated rings. The standard InChI is InChI=1S/C27H34N2O2/c1-6-7-8-23-22(14-19-9-10-19)25(24(17(2)3)26(29-23)30-5)27(16-31-27)21-12-18(4)11-20(13-21)15-28/h11-13,17,19H,6-10,14,16H2,1-5H3. The topological polar surface area (TPSA) is 58.4 Å². The van der Waals surface area contributed by atoms with E-state index in [9.17, 15) is 5.26 Å². The third-order valence-corrected chi connectivity index (χ3v) is 6.62. The van der Waals surface area contributed by atoms with Gasteiger partial charge < -0.3 is 9.47 Å². The Morgan fingerprint density at radius 1 is 1.29 bits per heavy atom. The maximum absolute atomic E-state index is 9.57. The van der Waals surface area contributed by atoms with Crippen molar-refractivity contribution in [2.24, 2.45) is 5.92 Å². The number of aryl methyl sites for hydroxylation is 2. The lowest BCUT2D eigenvalue weighted by Gasteiger charge is -2.27. The average Bonchev–Trinajstić information content (AvgIpc) is 3.67. The summed E-state index contributed by atoms with van der Waals surface area (Å²) in [5, 5.41) is 9.57. The molecule has 0 amide bonds. The van der Waals surface area contributed by atoms with Crippen LogP contribution in [0.4, 0.5) is 0 Å². The molecule has 1 unspecified atom stereocenters. The Bertz CT molecular complexity index is 1010. The molecule has 4 heteroatoms. The summed E-state index contributed by atoms with van der Waals surface area (Å²) < 4.78 is 12.2. The van der Waals surface area contributed by atoms with Crippen LogP contribution in [0.2, 0.25) is 0 Å². The molecule has 1 saturated carbocycles. The lowest BCUT2D eigenvalue weighted by Crippen LogP contribution is -2.22. The molecule has 4 rings (SSSR count). The summed E-state index contributed by atoms with van der Waals surface area (Å²) in [5.41, 5.74) is 7.33.